The van der Waals surface area contributed by atoms with Crippen molar-refractivity contribution in [3.63, 3.8) is 0 Å². The van der Waals surface area contributed by atoms with Crippen molar-refractivity contribution in [1.29, 1.82) is 0 Å². The number of hydrogen-bond donors (Lipinski definition) is 2. The fraction of sp³-hybridized carbons (Fsp3) is 0.500. The largest absolute Gasteiger partial charge is 0.388 e. The summed E-state index contributed by atoms with van der Waals surface area (Å²) in [5, 5.41) is 10.9. The van der Waals surface area contributed by atoms with Crippen molar-refractivity contribution in [2.75, 3.05) is 6.54 Å². The van der Waals surface area contributed by atoms with Crippen LogP contribution in [0.4, 0.5) is 0 Å². The van der Waals surface area contributed by atoms with E-state index in [1.165, 1.54) is 0 Å². The maximum Gasteiger partial charge on any atom is 0.0870 e. The average Bonchev–Trinajstić information content (AvgIpc) is 2.30. The van der Waals surface area contributed by atoms with E-state index in [2.05, 4.69) is 15.9 Å². The Kier molecular flexibility index (Phi) is 4.80. The Morgan fingerprint density at radius 1 is 1.56 bits per heavy atom. The molecule has 1 aromatic rings. The highest BCUT2D eigenvalue weighted by Gasteiger charge is 2.32. The van der Waals surface area contributed by atoms with Gasteiger partial charge < -0.3 is 10.8 Å². The average molecular weight is 307 g/mol. The van der Waals surface area contributed by atoms with Crippen LogP contribution in [-0.2, 0) is 0 Å². The van der Waals surface area contributed by atoms with Gasteiger partial charge in [-0.05, 0) is 24.6 Å². The molecule has 3 N–H and O–H groups in total. The zero-order valence-corrected chi connectivity index (χ0v) is 11.8. The molecule has 1 aromatic carbocycles. The zero-order valence-electron chi connectivity index (χ0n) is 9.50. The van der Waals surface area contributed by atoms with Gasteiger partial charge in [0.25, 0.3) is 0 Å². The van der Waals surface area contributed by atoms with E-state index in [4.69, 9.17) is 17.3 Å². The van der Waals surface area contributed by atoms with Gasteiger partial charge in [0, 0.05) is 27.0 Å². The third-order valence-electron chi connectivity index (χ3n) is 3.19. The molecule has 0 amide bonds. The molecule has 0 heterocycles. The third kappa shape index (κ3) is 2.77. The first-order valence-electron chi connectivity index (χ1n) is 5.27. The molecule has 0 aliphatic rings. The van der Waals surface area contributed by atoms with E-state index in [-0.39, 0.29) is 5.41 Å². The van der Waals surface area contributed by atoms with Crippen LogP contribution in [0.3, 0.4) is 0 Å². The summed E-state index contributed by atoms with van der Waals surface area (Å²) in [6, 6.07) is 5.47. The normalized spacial score (nSPS) is 16.9. The Labute approximate surface area is 110 Å². The molecule has 0 spiro atoms. The van der Waals surface area contributed by atoms with Gasteiger partial charge in [-0.3, -0.25) is 0 Å². The molecular formula is C12H17BrClNO. The summed E-state index contributed by atoms with van der Waals surface area (Å²) in [7, 11) is 0. The lowest BCUT2D eigenvalue weighted by Crippen LogP contribution is -2.33. The maximum atomic E-state index is 10.4. The van der Waals surface area contributed by atoms with Crippen molar-refractivity contribution in [2.24, 2.45) is 11.1 Å². The van der Waals surface area contributed by atoms with Crippen LogP contribution in [0.5, 0.6) is 0 Å². The first kappa shape index (κ1) is 14.0. The van der Waals surface area contributed by atoms with Gasteiger partial charge >= 0.3 is 0 Å². The van der Waals surface area contributed by atoms with Gasteiger partial charge in [0.05, 0.1) is 6.10 Å². The summed E-state index contributed by atoms with van der Waals surface area (Å²) in [5.41, 5.74) is 6.11. The van der Waals surface area contributed by atoms with Crippen molar-refractivity contribution < 1.29 is 5.11 Å². The Balaban J connectivity index is 3.12. The summed E-state index contributed by atoms with van der Waals surface area (Å²) < 4.78 is 0.904. The molecule has 0 aliphatic heterocycles. The molecule has 0 aromatic heterocycles. The second kappa shape index (κ2) is 5.50. The van der Waals surface area contributed by atoms with Crippen LogP contribution in [0.15, 0.2) is 22.7 Å². The van der Waals surface area contributed by atoms with Crippen LogP contribution < -0.4 is 5.73 Å². The predicted octanol–water partition coefficient (Wildman–Crippen LogP) is 3.51. The van der Waals surface area contributed by atoms with Crippen molar-refractivity contribution >= 4 is 27.5 Å². The minimum absolute atomic E-state index is 0.343. The van der Waals surface area contributed by atoms with E-state index >= 15 is 0 Å². The summed E-state index contributed by atoms with van der Waals surface area (Å²) in [4.78, 5) is 0. The number of rotatable bonds is 4. The first-order chi connectivity index (χ1) is 7.44. The summed E-state index contributed by atoms with van der Waals surface area (Å²) >= 11 is 9.46. The number of aliphatic hydroxyl groups is 1. The zero-order chi connectivity index (χ0) is 12.3. The smallest absolute Gasteiger partial charge is 0.0870 e. The van der Waals surface area contributed by atoms with Crippen molar-refractivity contribution in [3.8, 4) is 0 Å². The summed E-state index contributed by atoms with van der Waals surface area (Å²) in [6.07, 6.45) is 0.153. The minimum Gasteiger partial charge on any atom is -0.388 e. The molecule has 2 unspecified atom stereocenters. The van der Waals surface area contributed by atoms with Gasteiger partial charge in [-0.2, -0.15) is 0 Å². The van der Waals surface area contributed by atoms with Crippen molar-refractivity contribution in [3.05, 3.63) is 33.3 Å². The molecule has 0 saturated carbocycles. The van der Waals surface area contributed by atoms with Crippen LogP contribution in [0.2, 0.25) is 5.02 Å². The highest BCUT2D eigenvalue weighted by Crippen LogP contribution is 2.39. The van der Waals surface area contributed by atoms with Gasteiger partial charge in [-0.25, -0.2) is 0 Å². The van der Waals surface area contributed by atoms with Crippen LogP contribution in [0, 0.1) is 5.41 Å². The van der Waals surface area contributed by atoms with Gasteiger partial charge in [-0.15, -0.1) is 0 Å². The highest BCUT2D eigenvalue weighted by molar-refractivity contribution is 9.10. The fourth-order valence-corrected chi connectivity index (χ4v) is 2.15. The Morgan fingerprint density at radius 2 is 2.19 bits per heavy atom. The number of benzene rings is 1. The van der Waals surface area contributed by atoms with E-state index < -0.39 is 6.10 Å². The van der Waals surface area contributed by atoms with Gasteiger partial charge in [-0.1, -0.05) is 41.4 Å². The van der Waals surface area contributed by atoms with Gasteiger partial charge in [0.1, 0.15) is 0 Å². The van der Waals surface area contributed by atoms with E-state index in [1.807, 2.05) is 26.0 Å². The molecule has 90 valence electrons. The topological polar surface area (TPSA) is 46.2 Å². The molecule has 0 aliphatic carbocycles. The maximum absolute atomic E-state index is 10.4. The SMILES string of the molecule is CCC(C)(CN)C(O)c1cc(Br)ccc1Cl. The van der Waals surface area contributed by atoms with Crippen LogP contribution in [0.25, 0.3) is 0 Å². The summed E-state index contributed by atoms with van der Waals surface area (Å²) in [5.74, 6) is 0. The minimum atomic E-state index is -0.646. The van der Waals surface area contributed by atoms with Crippen molar-refractivity contribution in [1.82, 2.24) is 0 Å². The van der Waals surface area contributed by atoms with E-state index in [1.54, 1.807) is 6.07 Å². The van der Waals surface area contributed by atoms with Gasteiger partial charge in [0.15, 0.2) is 0 Å². The molecule has 0 radical (unpaired) electrons. The van der Waals surface area contributed by atoms with Crippen LogP contribution in [0.1, 0.15) is 31.9 Å². The standard InChI is InChI=1S/C12H17BrClNO/c1-3-12(2,7-15)11(16)9-6-8(13)4-5-10(9)14/h4-6,11,16H,3,7,15H2,1-2H3. The van der Waals surface area contributed by atoms with Gasteiger partial charge in [0.2, 0.25) is 0 Å². The van der Waals surface area contributed by atoms with Crippen LogP contribution >= 0.6 is 27.5 Å². The third-order valence-corrected chi connectivity index (χ3v) is 4.02. The lowest BCUT2D eigenvalue weighted by molar-refractivity contribution is 0.0392. The molecule has 2 nitrogen and oxygen atoms in total. The Hall–Kier alpha value is -0.0900. The number of nitrogens with two attached hydrogens (primary N) is 1. The molecular weight excluding hydrogens is 289 g/mol. The fourth-order valence-electron chi connectivity index (χ4n) is 1.55. The second-order valence-corrected chi connectivity index (χ2v) is 5.60. The molecule has 0 saturated heterocycles. The number of halogens is 2. The molecule has 0 bridgehead atoms. The summed E-state index contributed by atoms with van der Waals surface area (Å²) in [6.45, 7) is 4.41. The molecule has 16 heavy (non-hydrogen) atoms. The number of hydrogen-bond acceptors (Lipinski definition) is 2. The van der Waals surface area contributed by atoms with Crippen LogP contribution in [-0.4, -0.2) is 11.7 Å². The number of aliphatic hydroxyl groups excluding tert-OH is 1. The highest BCUT2D eigenvalue weighted by atomic mass is 79.9. The Bertz CT molecular complexity index is 366. The van der Waals surface area contributed by atoms with Crippen molar-refractivity contribution in [2.45, 2.75) is 26.4 Å². The molecule has 2 atom stereocenters. The first-order valence-corrected chi connectivity index (χ1v) is 6.44. The Morgan fingerprint density at radius 3 is 2.69 bits per heavy atom. The lowest BCUT2D eigenvalue weighted by Gasteiger charge is -2.33. The predicted molar refractivity (Wildman–Crippen MR) is 71.6 cm³/mol. The van der Waals surface area contributed by atoms with E-state index in [9.17, 15) is 5.11 Å². The monoisotopic (exact) mass is 305 g/mol. The molecule has 4 heteroatoms. The second-order valence-electron chi connectivity index (χ2n) is 4.28. The molecule has 0 fully saturated rings. The van der Waals surface area contributed by atoms with E-state index in [0.29, 0.717) is 11.6 Å². The van der Waals surface area contributed by atoms with E-state index in [0.717, 1.165) is 16.5 Å². The lowest BCUT2D eigenvalue weighted by atomic mass is 9.78. The quantitative estimate of drug-likeness (QED) is 0.894. The molecule has 1 rings (SSSR count).